The van der Waals surface area contributed by atoms with Gasteiger partial charge in [-0.15, -0.1) is 0 Å². The van der Waals surface area contributed by atoms with Crippen LogP contribution >= 0.6 is 0 Å². The van der Waals surface area contributed by atoms with Gasteiger partial charge in [-0.3, -0.25) is 0 Å². The fourth-order valence-corrected chi connectivity index (χ4v) is 2.05. The van der Waals surface area contributed by atoms with Crippen molar-refractivity contribution in [2.75, 3.05) is 0 Å². The molecule has 166 valence electrons. The Balaban J connectivity index is 6.06. The van der Waals surface area contributed by atoms with Crippen LogP contribution in [0.5, 0.6) is 0 Å². The second kappa shape index (κ2) is 9.92. The Morgan fingerprint density at radius 3 is 1.52 bits per heavy atom. The fourth-order valence-electron chi connectivity index (χ4n) is 2.05. The van der Waals surface area contributed by atoms with E-state index in [-0.39, 0.29) is 12.8 Å². The summed E-state index contributed by atoms with van der Waals surface area (Å²) in [7, 11) is 0. The lowest BCUT2D eigenvalue weighted by molar-refractivity contribution is -0.161. The minimum atomic E-state index is -1.44. The van der Waals surface area contributed by atoms with E-state index in [0.717, 1.165) is 0 Å². The van der Waals surface area contributed by atoms with Crippen molar-refractivity contribution in [3.05, 3.63) is 0 Å². The first-order valence-electron chi connectivity index (χ1n) is 9.42. The van der Waals surface area contributed by atoms with E-state index in [0.29, 0.717) is 4.90 Å². The molecule has 0 aliphatic heterocycles. The van der Waals surface area contributed by atoms with Crippen LogP contribution in [-0.4, -0.2) is 57.1 Å². The first-order valence-corrected chi connectivity index (χ1v) is 9.42. The summed E-state index contributed by atoms with van der Waals surface area (Å²) in [5.41, 5.74) is -2.78. The summed E-state index contributed by atoms with van der Waals surface area (Å²) in [6.07, 6.45) is -3.92. The summed E-state index contributed by atoms with van der Waals surface area (Å²) < 4.78 is 15.9. The highest BCUT2D eigenvalue weighted by Crippen LogP contribution is 2.22. The normalized spacial score (nSPS) is 14.2. The number of amides is 2. The zero-order valence-corrected chi connectivity index (χ0v) is 18.9. The Morgan fingerprint density at radius 2 is 1.21 bits per heavy atom. The fraction of sp³-hybridized carbons (Fsp3) is 0.800. The second-order valence-corrected chi connectivity index (χ2v) is 9.60. The van der Waals surface area contributed by atoms with Crippen molar-refractivity contribution in [1.29, 1.82) is 5.26 Å². The first-order chi connectivity index (χ1) is 12.9. The molecule has 0 bridgehead atoms. The molecule has 9 nitrogen and oxygen atoms in total. The molecule has 0 aromatic rings. The van der Waals surface area contributed by atoms with Gasteiger partial charge in [-0.05, 0) is 75.2 Å². The number of nitrogens with zero attached hydrogens (tertiary/aromatic N) is 2. The van der Waals surface area contributed by atoms with Crippen LogP contribution in [0.4, 0.5) is 9.59 Å². The zero-order valence-electron chi connectivity index (χ0n) is 18.9. The topological polar surface area (TPSA) is 126 Å². The van der Waals surface area contributed by atoms with E-state index in [2.05, 4.69) is 0 Å². The molecule has 2 amide bonds. The maximum atomic E-state index is 12.8. The molecule has 0 saturated heterocycles. The molecule has 2 atom stereocenters. The highest BCUT2D eigenvalue weighted by molar-refractivity contribution is 5.94. The molecule has 0 aliphatic carbocycles. The van der Waals surface area contributed by atoms with Crippen molar-refractivity contribution in [1.82, 2.24) is 4.90 Å². The van der Waals surface area contributed by atoms with Gasteiger partial charge in [0.25, 0.3) is 0 Å². The lowest BCUT2D eigenvalue weighted by atomic mass is 10.1. The van der Waals surface area contributed by atoms with Crippen molar-refractivity contribution in [3.63, 3.8) is 0 Å². The van der Waals surface area contributed by atoms with Crippen LogP contribution < -0.4 is 0 Å². The van der Waals surface area contributed by atoms with Gasteiger partial charge in [-0.1, -0.05) is 0 Å². The third-order valence-corrected chi connectivity index (χ3v) is 3.03. The highest BCUT2D eigenvalue weighted by Gasteiger charge is 2.42. The van der Waals surface area contributed by atoms with Crippen LogP contribution in [0.2, 0.25) is 0 Å². The minimum absolute atomic E-state index is 0.164. The third kappa shape index (κ3) is 11.3. The summed E-state index contributed by atoms with van der Waals surface area (Å²) in [5.74, 6) is -0.876. The molecule has 1 unspecified atom stereocenters. The standard InChI is InChI=1S/C20H34N2O7/c1-18(2,3)27-15(24)14(11-10-13(23)12-21)22(16(25)28-19(4,5)6)17(26)29-20(7,8)9/h13-14,23H,10-11H2,1-9H3/t13?,14-/m0/s1. The number of nitriles is 1. The second-order valence-electron chi connectivity index (χ2n) is 9.60. The smallest absolute Gasteiger partial charge is 0.420 e. The summed E-state index contributed by atoms with van der Waals surface area (Å²) in [5, 5.41) is 18.4. The van der Waals surface area contributed by atoms with Crippen molar-refractivity contribution in [2.45, 2.75) is 104 Å². The van der Waals surface area contributed by atoms with Gasteiger partial charge in [0, 0.05) is 0 Å². The van der Waals surface area contributed by atoms with Gasteiger partial charge in [0.05, 0.1) is 6.07 Å². The molecular weight excluding hydrogens is 380 g/mol. The lowest BCUT2D eigenvalue weighted by Crippen LogP contribution is -2.53. The van der Waals surface area contributed by atoms with E-state index in [1.165, 1.54) is 0 Å². The predicted octanol–water partition coefficient (Wildman–Crippen LogP) is 3.53. The summed E-state index contributed by atoms with van der Waals surface area (Å²) >= 11 is 0. The molecule has 29 heavy (non-hydrogen) atoms. The third-order valence-electron chi connectivity index (χ3n) is 3.03. The predicted molar refractivity (Wildman–Crippen MR) is 105 cm³/mol. The minimum Gasteiger partial charge on any atom is -0.458 e. The summed E-state index contributed by atoms with van der Waals surface area (Å²) in [6, 6.07) is 0.191. The zero-order chi connectivity index (χ0) is 23.2. The number of hydrogen-bond acceptors (Lipinski definition) is 8. The van der Waals surface area contributed by atoms with Gasteiger partial charge in [0.1, 0.15) is 28.9 Å². The van der Waals surface area contributed by atoms with Gasteiger partial charge in [-0.2, -0.15) is 10.2 Å². The molecule has 9 heteroatoms. The lowest BCUT2D eigenvalue weighted by Gasteiger charge is -2.33. The SMILES string of the molecule is CC(C)(C)OC(=O)[C@H](CCC(O)C#N)N(C(=O)OC(C)(C)C)C(=O)OC(C)(C)C. The van der Waals surface area contributed by atoms with Crippen LogP contribution in [0.1, 0.15) is 75.2 Å². The van der Waals surface area contributed by atoms with Crippen LogP contribution in [0.25, 0.3) is 0 Å². The quantitative estimate of drug-likeness (QED) is 0.411. The van der Waals surface area contributed by atoms with E-state index in [9.17, 15) is 19.5 Å². The van der Waals surface area contributed by atoms with E-state index < -0.39 is 47.1 Å². The number of aliphatic hydroxyl groups is 1. The van der Waals surface area contributed by atoms with E-state index in [4.69, 9.17) is 19.5 Å². The monoisotopic (exact) mass is 414 g/mol. The molecule has 0 spiro atoms. The number of esters is 1. The van der Waals surface area contributed by atoms with Crippen molar-refractivity contribution >= 4 is 18.2 Å². The Hall–Kier alpha value is -2.34. The summed E-state index contributed by atoms with van der Waals surface area (Å²) in [6.45, 7) is 14.6. The number of carbonyl (C=O) groups is 3. The summed E-state index contributed by atoms with van der Waals surface area (Å²) in [4.78, 5) is 38.9. The number of rotatable bonds is 5. The van der Waals surface area contributed by atoms with Crippen molar-refractivity contribution in [2.24, 2.45) is 0 Å². The van der Waals surface area contributed by atoms with E-state index in [1.54, 1.807) is 68.4 Å². The first kappa shape index (κ1) is 26.7. The molecular formula is C20H34N2O7. The molecule has 0 fully saturated rings. The van der Waals surface area contributed by atoms with E-state index >= 15 is 0 Å². The number of hydrogen-bond donors (Lipinski definition) is 1. The van der Waals surface area contributed by atoms with Gasteiger partial charge in [0.15, 0.2) is 0 Å². The molecule has 0 heterocycles. The molecule has 0 radical (unpaired) electrons. The maximum Gasteiger partial charge on any atom is 0.420 e. The van der Waals surface area contributed by atoms with Crippen LogP contribution in [0.15, 0.2) is 0 Å². The molecule has 0 rings (SSSR count). The molecule has 0 aromatic carbocycles. The van der Waals surface area contributed by atoms with Gasteiger partial charge < -0.3 is 19.3 Å². The number of ether oxygens (including phenoxy) is 3. The van der Waals surface area contributed by atoms with Crippen LogP contribution in [-0.2, 0) is 19.0 Å². The number of imide groups is 1. The van der Waals surface area contributed by atoms with Gasteiger partial charge in [0.2, 0.25) is 0 Å². The highest BCUT2D eigenvalue weighted by atomic mass is 16.6. The van der Waals surface area contributed by atoms with Crippen LogP contribution in [0.3, 0.4) is 0 Å². The molecule has 1 N–H and O–H groups in total. The molecule has 0 saturated carbocycles. The maximum absolute atomic E-state index is 12.8. The van der Waals surface area contributed by atoms with E-state index in [1.807, 2.05) is 0 Å². The Labute approximate surface area is 172 Å². The number of aliphatic hydroxyl groups excluding tert-OH is 1. The largest absolute Gasteiger partial charge is 0.458 e. The number of carbonyl (C=O) groups excluding carboxylic acids is 3. The van der Waals surface area contributed by atoms with Gasteiger partial charge in [-0.25, -0.2) is 14.4 Å². The average Bonchev–Trinajstić information content (AvgIpc) is 2.44. The Morgan fingerprint density at radius 1 is 0.828 bits per heavy atom. The van der Waals surface area contributed by atoms with Gasteiger partial charge >= 0.3 is 18.2 Å². The average molecular weight is 414 g/mol. The van der Waals surface area contributed by atoms with Crippen molar-refractivity contribution in [3.8, 4) is 6.07 Å². The molecule has 0 aromatic heterocycles. The Bertz CT molecular complexity index is 605. The Kier molecular flexibility index (Phi) is 9.12. The molecule has 0 aliphatic rings. The van der Waals surface area contributed by atoms with Crippen molar-refractivity contribution < 1.29 is 33.7 Å². The van der Waals surface area contributed by atoms with Crippen LogP contribution in [0, 0.1) is 11.3 Å².